The summed E-state index contributed by atoms with van der Waals surface area (Å²) >= 11 is 13.0. The molecule has 0 saturated carbocycles. The van der Waals surface area contributed by atoms with Crippen LogP contribution in [0.15, 0.2) is 107 Å². The Morgan fingerprint density at radius 3 is 2.34 bits per heavy atom. The van der Waals surface area contributed by atoms with Gasteiger partial charge in [0.15, 0.2) is 17.5 Å². The Kier molecular flexibility index (Phi) is 6.37. The molecule has 202 valence electrons. The number of amidine groups is 2. The Morgan fingerprint density at radius 1 is 0.829 bits per heavy atom. The van der Waals surface area contributed by atoms with E-state index in [0.29, 0.717) is 21.7 Å². The van der Waals surface area contributed by atoms with E-state index >= 15 is 0 Å². The maximum atomic E-state index is 6.60. The summed E-state index contributed by atoms with van der Waals surface area (Å²) in [5.74, 6) is 2.11. The van der Waals surface area contributed by atoms with E-state index in [9.17, 15) is 0 Å². The summed E-state index contributed by atoms with van der Waals surface area (Å²) in [7, 11) is 0. The number of aryl methyl sites for hydroxylation is 2. The highest BCUT2D eigenvalue weighted by Gasteiger charge is 2.41. The van der Waals surface area contributed by atoms with Gasteiger partial charge in [-0.1, -0.05) is 78.7 Å². The van der Waals surface area contributed by atoms with Gasteiger partial charge in [-0.05, 0) is 73.0 Å². The average Bonchev–Trinajstić information content (AvgIpc) is 3.34. The third-order valence-electron chi connectivity index (χ3n) is 7.52. The predicted octanol–water partition coefficient (Wildman–Crippen LogP) is 8.85. The summed E-state index contributed by atoms with van der Waals surface area (Å²) in [6.07, 6.45) is 0.978. The van der Waals surface area contributed by atoms with E-state index in [1.807, 2.05) is 78.3 Å². The van der Waals surface area contributed by atoms with Gasteiger partial charge in [-0.25, -0.2) is 14.7 Å². The second-order valence-electron chi connectivity index (χ2n) is 10.1. The quantitative estimate of drug-likeness (QED) is 0.232. The van der Waals surface area contributed by atoms with Gasteiger partial charge in [-0.2, -0.15) is 5.10 Å². The van der Waals surface area contributed by atoms with Gasteiger partial charge in [-0.3, -0.25) is 0 Å². The van der Waals surface area contributed by atoms with Crippen molar-refractivity contribution in [2.45, 2.75) is 26.3 Å². The zero-order chi connectivity index (χ0) is 28.1. The number of benzene rings is 4. The highest BCUT2D eigenvalue weighted by molar-refractivity contribution is 6.51. The summed E-state index contributed by atoms with van der Waals surface area (Å²) in [5, 5.41) is 9.55. The van der Waals surface area contributed by atoms with Gasteiger partial charge < -0.3 is 10.2 Å². The molecule has 7 rings (SSSR count). The molecule has 5 aromatic rings. The monoisotopic (exact) mass is 576 g/mol. The van der Waals surface area contributed by atoms with Crippen molar-refractivity contribution in [1.82, 2.24) is 9.78 Å². The van der Waals surface area contributed by atoms with Crippen molar-refractivity contribution in [2.24, 2.45) is 9.98 Å². The molecule has 2 aliphatic rings. The van der Waals surface area contributed by atoms with Crippen molar-refractivity contribution in [2.75, 3.05) is 10.2 Å². The van der Waals surface area contributed by atoms with E-state index in [0.717, 1.165) is 51.8 Å². The second kappa shape index (κ2) is 10.2. The molecule has 6 nitrogen and oxygen atoms in total. The molecular weight excluding hydrogens is 551 g/mol. The Bertz CT molecular complexity index is 1840. The van der Waals surface area contributed by atoms with E-state index < -0.39 is 0 Å². The van der Waals surface area contributed by atoms with Crippen LogP contribution in [0.3, 0.4) is 0 Å². The number of hydrogen-bond acceptors (Lipinski definition) is 5. The smallest absolute Gasteiger partial charge is 0.179 e. The largest absolute Gasteiger partial charge is 0.337 e. The molecule has 1 aromatic heterocycles. The first-order valence-corrected chi connectivity index (χ1v) is 14.3. The van der Waals surface area contributed by atoms with Crippen molar-refractivity contribution < 1.29 is 0 Å². The Morgan fingerprint density at radius 2 is 1.59 bits per heavy atom. The minimum atomic E-state index is -0.277. The van der Waals surface area contributed by atoms with Gasteiger partial charge in [0.1, 0.15) is 0 Å². The second-order valence-corrected chi connectivity index (χ2v) is 10.9. The molecule has 8 heteroatoms. The van der Waals surface area contributed by atoms with Crippen molar-refractivity contribution in [1.29, 1.82) is 0 Å². The standard InChI is InChI=1S/C33H26Cl2N6/c1-3-21-13-16-23(17-14-21)36-31-33-38-32-29(20(2)39-41(32)24-9-5-4-6-10-24)30(22-15-18-25(34)26(35)19-22)40(33)28-12-8-7-11-27(28)37-31/h4-19,30H,3H2,1-2H3,(H,36,37)/t30-/m1/s1. The van der Waals surface area contributed by atoms with Crippen LogP contribution < -0.4 is 10.2 Å². The molecule has 0 spiro atoms. The number of hydrogen-bond donors (Lipinski definition) is 1. The summed E-state index contributed by atoms with van der Waals surface area (Å²) in [6.45, 7) is 4.18. The highest BCUT2D eigenvalue weighted by Crippen LogP contribution is 2.48. The molecule has 2 aliphatic heterocycles. The predicted molar refractivity (Wildman–Crippen MR) is 169 cm³/mol. The molecule has 1 atom stereocenters. The van der Waals surface area contributed by atoms with E-state index in [-0.39, 0.29) is 6.04 Å². The molecule has 0 amide bonds. The molecule has 4 aromatic carbocycles. The molecule has 0 aliphatic carbocycles. The molecule has 0 radical (unpaired) electrons. The third-order valence-corrected chi connectivity index (χ3v) is 8.26. The number of aromatic nitrogens is 2. The van der Waals surface area contributed by atoms with E-state index in [1.54, 1.807) is 0 Å². The number of fused-ring (bicyclic) bond motifs is 4. The minimum Gasteiger partial charge on any atom is -0.337 e. The van der Waals surface area contributed by atoms with Gasteiger partial charge in [0.05, 0.1) is 38.8 Å². The summed E-state index contributed by atoms with van der Waals surface area (Å²) < 4.78 is 1.91. The van der Waals surface area contributed by atoms with Gasteiger partial charge in [0, 0.05) is 11.3 Å². The summed E-state index contributed by atoms with van der Waals surface area (Å²) in [5.41, 5.74) is 7.80. The van der Waals surface area contributed by atoms with Gasteiger partial charge in [0.25, 0.3) is 0 Å². The van der Waals surface area contributed by atoms with Crippen LogP contribution >= 0.6 is 23.2 Å². The average molecular weight is 578 g/mol. The van der Waals surface area contributed by atoms with Crippen LogP contribution in [-0.2, 0) is 6.42 Å². The Hall–Kier alpha value is -4.39. The topological polar surface area (TPSA) is 57.8 Å². The molecule has 41 heavy (non-hydrogen) atoms. The molecule has 1 N–H and O–H groups in total. The van der Waals surface area contributed by atoms with Crippen molar-refractivity contribution in [3.63, 3.8) is 0 Å². The molecule has 0 saturated heterocycles. The Balaban J connectivity index is 1.48. The number of para-hydroxylation sites is 3. The zero-order valence-corrected chi connectivity index (χ0v) is 24.0. The van der Waals surface area contributed by atoms with Crippen molar-refractivity contribution in [3.8, 4) is 5.69 Å². The summed E-state index contributed by atoms with van der Waals surface area (Å²) in [6, 6.07) is 32.1. The van der Waals surface area contributed by atoms with Crippen LogP contribution in [0.2, 0.25) is 10.0 Å². The molecular formula is C33H26Cl2N6. The highest BCUT2D eigenvalue weighted by atomic mass is 35.5. The maximum Gasteiger partial charge on any atom is 0.179 e. The number of halogens is 2. The normalized spacial score (nSPS) is 15.4. The Labute approximate surface area is 248 Å². The molecule has 0 fully saturated rings. The number of nitrogens with zero attached hydrogens (tertiary/aromatic N) is 5. The number of rotatable bonds is 4. The molecule has 0 unspecified atom stereocenters. The third kappa shape index (κ3) is 4.40. The van der Waals surface area contributed by atoms with Crippen molar-refractivity contribution >= 4 is 57.8 Å². The fourth-order valence-electron chi connectivity index (χ4n) is 5.51. The lowest BCUT2D eigenvalue weighted by molar-refractivity contribution is 0.815. The summed E-state index contributed by atoms with van der Waals surface area (Å²) in [4.78, 5) is 12.6. The number of nitrogens with one attached hydrogen (secondary N) is 1. The first-order chi connectivity index (χ1) is 20.0. The van der Waals surface area contributed by atoms with E-state index in [2.05, 4.69) is 47.5 Å². The first kappa shape index (κ1) is 25.6. The lowest BCUT2D eigenvalue weighted by Crippen LogP contribution is -2.46. The van der Waals surface area contributed by atoms with Crippen molar-refractivity contribution in [3.05, 3.63) is 129 Å². The van der Waals surface area contributed by atoms with Gasteiger partial charge in [0.2, 0.25) is 0 Å². The van der Waals surface area contributed by atoms with Crippen LogP contribution in [0, 0.1) is 6.92 Å². The van der Waals surface area contributed by atoms with Crippen LogP contribution in [0.25, 0.3) is 5.69 Å². The van der Waals surface area contributed by atoms with Crippen LogP contribution in [0.5, 0.6) is 0 Å². The van der Waals surface area contributed by atoms with E-state index in [4.69, 9.17) is 38.3 Å². The van der Waals surface area contributed by atoms with Crippen LogP contribution in [0.4, 0.5) is 22.9 Å². The lowest BCUT2D eigenvalue weighted by atomic mass is 9.93. The number of anilines is 2. The van der Waals surface area contributed by atoms with Crippen LogP contribution in [0.1, 0.15) is 35.3 Å². The maximum absolute atomic E-state index is 6.60. The molecule has 0 bridgehead atoms. The van der Waals surface area contributed by atoms with Gasteiger partial charge >= 0.3 is 0 Å². The first-order valence-electron chi connectivity index (χ1n) is 13.5. The fourth-order valence-corrected chi connectivity index (χ4v) is 5.81. The minimum absolute atomic E-state index is 0.277. The van der Waals surface area contributed by atoms with E-state index in [1.165, 1.54) is 5.56 Å². The lowest BCUT2D eigenvalue weighted by Gasteiger charge is -2.40. The van der Waals surface area contributed by atoms with Crippen LogP contribution in [-0.4, -0.2) is 21.5 Å². The zero-order valence-electron chi connectivity index (χ0n) is 22.5. The SMILES string of the molecule is CCc1ccc(NC2=Nc3ccccc3N3C2=Nc2c(c(C)nn2-c2ccccc2)[C@H]3c2ccc(Cl)c(Cl)c2)cc1. The van der Waals surface area contributed by atoms with Gasteiger partial charge in [-0.15, -0.1) is 0 Å². The molecule has 3 heterocycles. The fraction of sp³-hybridized carbons (Fsp3) is 0.121. The number of aliphatic imine (C=N–C) groups is 2.